The Kier molecular flexibility index (Phi) is 5.14. The van der Waals surface area contributed by atoms with Crippen molar-refractivity contribution < 1.29 is 4.79 Å². The minimum Gasteiger partial charge on any atom is -0.289 e. The van der Waals surface area contributed by atoms with Crippen molar-refractivity contribution in [3.05, 3.63) is 100.0 Å². The lowest BCUT2D eigenvalue weighted by atomic mass is 10.1. The number of halogens is 1. The highest BCUT2D eigenvalue weighted by molar-refractivity contribution is 9.10. The van der Waals surface area contributed by atoms with Crippen LogP contribution in [-0.4, -0.2) is 15.6 Å². The second-order valence-electron chi connectivity index (χ2n) is 5.89. The number of benzene rings is 2. The minimum atomic E-state index is -0.0351. The zero-order valence-electron chi connectivity index (χ0n) is 14.2. The molecule has 0 amide bonds. The molecule has 5 heteroatoms. The van der Waals surface area contributed by atoms with Gasteiger partial charge in [0.1, 0.15) is 5.69 Å². The average Bonchev–Trinajstić information content (AvgIpc) is 3.37. The summed E-state index contributed by atoms with van der Waals surface area (Å²) >= 11 is 5.02. The van der Waals surface area contributed by atoms with Crippen LogP contribution in [0, 0.1) is 0 Å². The maximum absolute atomic E-state index is 12.5. The summed E-state index contributed by atoms with van der Waals surface area (Å²) in [5, 5.41) is 6.77. The molecule has 2 heterocycles. The van der Waals surface area contributed by atoms with E-state index in [4.69, 9.17) is 5.10 Å². The number of hydrogen-bond acceptors (Lipinski definition) is 3. The van der Waals surface area contributed by atoms with E-state index in [1.54, 1.807) is 17.4 Å². The van der Waals surface area contributed by atoms with E-state index in [2.05, 4.69) is 15.9 Å². The summed E-state index contributed by atoms with van der Waals surface area (Å²) in [5.74, 6) is -0.0351. The number of aromatic nitrogens is 2. The largest absolute Gasteiger partial charge is 0.289 e. The van der Waals surface area contributed by atoms with Crippen molar-refractivity contribution in [3.8, 4) is 16.3 Å². The maximum atomic E-state index is 12.5. The van der Waals surface area contributed by atoms with Crippen LogP contribution in [-0.2, 0) is 0 Å². The summed E-state index contributed by atoms with van der Waals surface area (Å²) in [4.78, 5) is 13.5. The first-order chi connectivity index (χ1) is 13.2. The second-order valence-corrected chi connectivity index (χ2v) is 7.76. The Labute approximate surface area is 169 Å². The molecule has 0 aliphatic rings. The van der Waals surface area contributed by atoms with Crippen LogP contribution in [0.3, 0.4) is 0 Å². The SMILES string of the molecule is O=C(C=Cc1cn(-c2ccccc2)nc1-c1cccs1)c1ccc(Br)cc1. The van der Waals surface area contributed by atoms with E-state index >= 15 is 0 Å². The molecule has 0 N–H and O–H groups in total. The fraction of sp³-hybridized carbons (Fsp3) is 0. The molecule has 4 rings (SSSR count). The number of nitrogens with zero attached hydrogens (tertiary/aromatic N) is 2. The van der Waals surface area contributed by atoms with E-state index < -0.39 is 0 Å². The molecule has 0 fully saturated rings. The van der Waals surface area contributed by atoms with Gasteiger partial charge in [0.2, 0.25) is 0 Å². The van der Waals surface area contributed by atoms with Crippen LogP contribution in [0.15, 0.2) is 88.9 Å². The van der Waals surface area contributed by atoms with Crippen LogP contribution in [0.4, 0.5) is 0 Å². The zero-order chi connectivity index (χ0) is 18.6. The highest BCUT2D eigenvalue weighted by atomic mass is 79.9. The van der Waals surface area contributed by atoms with Gasteiger partial charge in [0.05, 0.1) is 10.6 Å². The van der Waals surface area contributed by atoms with E-state index in [0.717, 1.165) is 26.3 Å². The van der Waals surface area contributed by atoms with E-state index in [-0.39, 0.29) is 5.78 Å². The minimum absolute atomic E-state index is 0.0351. The van der Waals surface area contributed by atoms with Crippen molar-refractivity contribution >= 4 is 39.1 Å². The van der Waals surface area contributed by atoms with Crippen molar-refractivity contribution in [2.24, 2.45) is 0 Å². The highest BCUT2D eigenvalue weighted by Crippen LogP contribution is 2.28. The van der Waals surface area contributed by atoms with Gasteiger partial charge in [-0.15, -0.1) is 11.3 Å². The van der Waals surface area contributed by atoms with Crippen molar-refractivity contribution in [3.63, 3.8) is 0 Å². The van der Waals surface area contributed by atoms with Gasteiger partial charge in [0.15, 0.2) is 5.78 Å². The third-order valence-electron chi connectivity index (χ3n) is 4.06. The summed E-state index contributed by atoms with van der Waals surface area (Å²) in [6.45, 7) is 0. The van der Waals surface area contributed by atoms with Gasteiger partial charge < -0.3 is 0 Å². The molecule has 0 bridgehead atoms. The van der Waals surface area contributed by atoms with E-state index in [1.807, 2.05) is 89.1 Å². The van der Waals surface area contributed by atoms with E-state index in [9.17, 15) is 4.79 Å². The third-order valence-corrected chi connectivity index (χ3v) is 5.47. The first-order valence-corrected chi connectivity index (χ1v) is 10.0. The lowest BCUT2D eigenvalue weighted by Crippen LogP contribution is -1.93. The third kappa shape index (κ3) is 3.99. The fourth-order valence-corrected chi connectivity index (χ4v) is 3.70. The van der Waals surface area contributed by atoms with Gasteiger partial charge >= 0.3 is 0 Å². The second kappa shape index (κ2) is 7.86. The quantitative estimate of drug-likeness (QED) is 0.274. The van der Waals surface area contributed by atoms with Gasteiger partial charge in [-0.2, -0.15) is 5.10 Å². The first-order valence-electron chi connectivity index (χ1n) is 8.38. The van der Waals surface area contributed by atoms with Gasteiger partial charge in [-0.3, -0.25) is 4.79 Å². The first kappa shape index (κ1) is 17.6. The standard InChI is InChI=1S/C22H15BrN2OS/c23-18-11-8-16(9-12-18)20(26)13-10-17-15-25(19-5-2-1-3-6-19)24-22(17)21-7-4-14-27-21/h1-15H. The number of thiophene rings is 1. The molecular weight excluding hydrogens is 420 g/mol. The van der Waals surface area contributed by atoms with Gasteiger partial charge in [-0.1, -0.05) is 40.2 Å². The molecule has 0 aliphatic heterocycles. The number of carbonyl (C=O) groups excluding carboxylic acids is 1. The van der Waals surface area contributed by atoms with Crippen LogP contribution >= 0.6 is 27.3 Å². The predicted octanol–water partition coefficient (Wildman–Crippen LogP) is 6.26. The molecule has 132 valence electrons. The number of hydrogen-bond donors (Lipinski definition) is 0. The Morgan fingerprint density at radius 3 is 2.48 bits per heavy atom. The number of ketones is 1. The van der Waals surface area contributed by atoms with Crippen molar-refractivity contribution in [2.45, 2.75) is 0 Å². The van der Waals surface area contributed by atoms with Crippen molar-refractivity contribution in [2.75, 3.05) is 0 Å². The highest BCUT2D eigenvalue weighted by Gasteiger charge is 2.12. The topological polar surface area (TPSA) is 34.9 Å². The Hall–Kier alpha value is -2.76. The Morgan fingerprint density at radius 1 is 1.00 bits per heavy atom. The van der Waals surface area contributed by atoms with Crippen LogP contribution < -0.4 is 0 Å². The molecule has 3 nitrogen and oxygen atoms in total. The zero-order valence-corrected chi connectivity index (χ0v) is 16.7. The summed E-state index contributed by atoms with van der Waals surface area (Å²) < 4.78 is 2.80. The molecule has 0 saturated carbocycles. The molecule has 0 atom stereocenters. The Morgan fingerprint density at radius 2 is 1.78 bits per heavy atom. The van der Waals surface area contributed by atoms with Crippen LogP contribution in [0.1, 0.15) is 15.9 Å². The normalized spacial score (nSPS) is 11.1. The number of rotatable bonds is 5. The van der Waals surface area contributed by atoms with E-state index in [0.29, 0.717) is 5.56 Å². The number of carbonyl (C=O) groups is 1. The molecule has 0 unspecified atom stereocenters. The van der Waals surface area contributed by atoms with Crippen LogP contribution in [0.2, 0.25) is 0 Å². The Balaban J connectivity index is 1.69. The molecule has 2 aromatic carbocycles. The lowest BCUT2D eigenvalue weighted by Gasteiger charge is -1.99. The molecule has 0 aliphatic carbocycles. The molecule has 4 aromatic rings. The van der Waals surface area contributed by atoms with Crippen LogP contribution in [0.5, 0.6) is 0 Å². The van der Waals surface area contributed by atoms with Gasteiger partial charge in [-0.05, 0) is 60.0 Å². The molecule has 0 saturated heterocycles. The number of para-hydroxylation sites is 1. The van der Waals surface area contributed by atoms with Gasteiger partial charge in [0.25, 0.3) is 0 Å². The smallest absolute Gasteiger partial charge is 0.185 e. The summed E-state index contributed by atoms with van der Waals surface area (Å²) in [6.07, 6.45) is 5.40. The molecular formula is C22H15BrN2OS. The molecule has 27 heavy (non-hydrogen) atoms. The summed E-state index contributed by atoms with van der Waals surface area (Å²) in [7, 11) is 0. The van der Waals surface area contributed by atoms with Crippen molar-refractivity contribution in [1.82, 2.24) is 9.78 Å². The molecule has 0 spiro atoms. The summed E-state index contributed by atoms with van der Waals surface area (Å²) in [5.41, 5.74) is 3.41. The Bertz CT molecular complexity index is 1080. The summed E-state index contributed by atoms with van der Waals surface area (Å²) in [6, 6.07) is 21.3. The van der Waals surface area contributed by atoms with Crippen LogP contribution in [0.25, 0.3) is 22.3 Å². The average molecular weight is 435 g/mol. The van der Waals surface area contributed by atoms with Crippen molar-refractivity contribution in [1.29, 1.82) is 0 Å². The predicted molar refractivity (Wildman–Crippen MR) is 114 cm³/mol. The van der Waals surface area contributed by atoms with Gasteiger partial charge in [0, 0.05) is 21.8 Å². The number of allylic oxidation sites excluding steroid dienone is 1. The molecule has 0 radical (unpaired) electrons. The maximum Gasteiger partial charge on any atom is 0.185 e. The molecule has 2 aromatic heterocycles. The fourth-order valence-electron chi connectivity index (χ4n) is 2.70. The van der Waals surface area contributed by atoms with Gasteiger partial charge in [-0.25, -0.2) is 4.68 Å². The lowest BCUT2D eigenvalue weighted by molar-refractivity contribution is 0.104. The monoisotopic (exact) mass is 434 g/mol. The van der Waals surface area contributed by atoms with E-state index in [1.165, 1.54) is 0 Å².